The summed E-state index contributed by atoms with van der Waals surface area (Å²) in [4.78, 5) is 13.4. The largest absolute Gasteiger partial charge is 0.334 e. The Labute approximate surface area is 88.5 Å². The molecule has 0 atom stereocenters. The highest BCUT2D eigenvalue weighted by molar-refractivity contribution is 6.18. The molecule has 74 valence electrons. The molecule has 0 fully saturated rings. The van der Waals surface area contributed by atoms with Crippen LogP contribution in [-0.2, 0) is 17.9 Å². The summed E-state index contributed by atoms with van der Waals surface area (Å²) in [6.07, 6.45) is 0.440. The van der Waals surface area contributed by atoms with E-state index in [9.17, 15) is 4.79 Å². The maximum atomic E-state index is 11.6. The van der Waals surface area contributed by atoms with Crippen molar-refractivity contribution in [1.82, 2.24) is 4.90 Å². The van der Waals surface area contributed by atoms with Gasteiger partial charge in [0, 0.05) is 25.4 Å². The van der Waals surface area contributed by atoms with Crippen LogP contribution in [0.1, 0.15) is 17.5 Å². The Morgan fingerprint density at radius 2 is 1.86 bits per heavy atom. The van der Waals surface area contributed by atoms with Crippen LogP contribution in [0.25, 0.3) is 0 Å². The predicted octanol–water partition coefficient (Wildman–Crippen LogP) is 2.16. The average Bonchev–Trinajstić information content (AvgIpc) is 2.61. The van der Waals surface area contributed by atoms with E-state index in [1.807, 2.05) is 17.0 Å². The van der Waals surface area contributed by atoms with Crippen LogP contribution in [0.2, 0.25) is 0 Å². The lowest BCUT2D eigenvalue weighted by Crippen LogP contribution is -2.25. The number of hydrogen-bond donors (Lipinski definition) is 0. The molecule has 1 aliphatic heterocycles. The Hall–Kier alpha value is -1.02. The van der Waals surface area contributed by atoms with Gasteiger partial charge < -0.3 is 4.90 Å². The maximum absolute atomic E-state index is 11.6. The summed E-state index contributed by atoms with van der Waals surface area (Å²) >= 11 is 5.54. The van der Waals surface area contributed by atoms with Crippen LogP contribution < -0.4 is 0 Å². The van der Waals surface area contributed by atoms with Gasteiger partial charge in [0.1, 0.15) is 0 Å². The van der Waals surface area contributed by atoms with Crippen molar-refractivity contribution < 1.29 is 4.79 Å². The second kappa shape index (κ2) is 4.01. The Morgan fingerprint density at radius 3 is 2.36 bits per heavy atom. The van der Waals surface area contributed by atoms with Crippen LogP contribution in [0, 0.1) is 0 Å². The number of rotatable bonds is 2. The molecule has 0 aliphatic carbocycles. The first-order chi connectivity index (χ1) is 6.81. The third-order valence-corrected chi connectivity index (χ3v) is 2.69. The van der Waals surface area contributed by atoms with Gasteiger partial charge in [-0.15, -0.1) is 11.6 Å². The zero-order valence-corrected chi connectivity index (χ0v) is 8.63. The SMILES string of the molecule is O=C(CCCl)N1Cc2ccccc2C1. The minimum Gasteiger partial charge on any atom is -0.334 e. The average molecular weight is 210 g/mol. The molecule has 2 nitrogen and oxygen atoms in total. The number of fused-ring (bicyclic) bond motifs is 1. The summed E-state index contributed by atoms with van der Waals surface area (Å²) < 4.78 is 0. The fraction of sp³-hybridized carbons (Fsp3) is 0.364. The van der Waals surface area contributed by atoms with Crippen molar-refractivity contribution in [3.8, 4) is 0 Å². The van der Waals surface area contributed by atoms with Crippen LogP contribution in [0.5, 0.6) is 0 Å². The van der Waals surface area contributed by atoms with E-state index in [2.05, 4.69) is 12.1 Å². The minimum absolute atomic E-state index is 0.149. The molecule has 3 heteroatoms. The highest BCUT2D eigenvalue weighted by atomic mass is 35.5. The van der Waals surface area contributed by atoms with Gasteiger partial charge in [-0.25, -0.2) is 0 Å². The van der Waals surface area contributed by atoms with Crippen molar-refractivity contribution in [2.24, 2.45) is 0 Å². The lowest BCUT2D eigenvalue weighted by atomic mass is 10.1. The molecule has 0 unspecified atom stereocenters. The number of hydrogen-bond acceptors (Lipinski definition) is 1. The van der Waals surface area contributed by atoms with E-state index < -0.39 is 0 Å². The molecule has 2 rings (SSSR count). The van der Waals surface area contributed by atoms with E-state index in [-0.39, 0.29) is 5.91 Å². The molecule has 0 aromatic heterocycles. The van der Waals surface area contributed by atoms with E-state index in [4.69, 9.17) is 11.6 Å². The van der Waals surface area contributed by atoms with Crippen molar-refractivity contribution in [3.05, 3.63) is 35.4 Å². The molecule has 1 aromatic carbocycles. The fourth-order valence-corrected chi connectivity index (χ4v) is 1.91. The fourth-order valence-electron chi connectivity index (χ4n) is 1.75. The third-order valence-electron chi connectivity index (χ3n) is 2.50. The number of carbonyl (C=O) groups excluding carboxylic acids is 1. The lowest BCUT2D eigenvalue weighted by molar-refractivity contribution is -0.131. The van der Waals surface area contributed by atoms with Crippen molar-refractivity contribution in [3.63, 3.8) is 0 Å². The Bertz CT molecular complexity index is 326. The zero-order chi connectivity index (χ0) is 9.97. The first kappa shape index (κ1) is 9.53. The molecule has 1 aromatic rings. The summed E-state index contributed by atoms with van der Waals surface area (Å²) in [5, 5.41) is 0. The van der Waals surface area contributed by atoms with Gasteiger partial charge in [0.05, 0.1) is 0 Å². The highest BCUT2D eigenvalue weighted by Gasteiger charge is 2.21. The van der Waals surface area contributed by atoms with Crippen molar-refractivity contribution in [2.45, 2.75) is 19.5 Å². The van der Waals surface area contributed by atoms with Crippen molar-refractivity contribution >= 4 is 17.5 Å². The number of carbonyl (C=O) groups is 1. The minimum atomic E-state index is 0.149. The molecule has 14 heavy (non-hydrogen) atoms. The lowest BCUT2D eigenvalue weighted by Gasteiger charge is -2.13. The zero-order valence-electron chi connectivity index (χ0n) is 7.87. The molecular formula is C11H12ClNO. The number of alkyl halides is 1. The van der Waals surface area contributed by atoms with Gasteiger partial charge in [0.2, 0.25) is 5.91 Å². The number of halogens is 1. The summed E-state index contributed by atoms with van der Waals surface area (Å²) in [5.41, 5.74) is 2.52. The van der Waals surface area contributed by atoms with Gasteiger partial charge in [-0.1, -0.05) is 24.3 Å². The number of nitrogens with zero attached hydrogens (tertiary/aromatic N) is 1. The molecular weight excluding hydrogens is 198 g/mol. The second-order valence-electron chi connectivity index (χ2n) is 3.46. The molecule has 0 radical (unpaired) electrons. The molecule has 0 bridgehead atoms. The van der Waals surface area contributed by atoms with Crippen LogP contribution in [0.4, 0.5) is 0 Å². The first-order valence-electron chi connectivity index (χ1n) is 4.72. The van der Waals surface area contributed by atoms with E-state index in [1.54, 1.807) is 0 Å². The standard InChI is InChI=1S/C11H12ClNO/c12-6-5-11(14)13-7-9-3-1-2-4-10(9)8-13/h1-4H,5-8H2. The Morgan fingerprint density at radius 1 is 1.29 bits per heavy atom. The maximum Gasteiger partial charge on any atom is 0.224 e. The van der Waals surface area contributed by atoms with Crippen LogP contribution >= 0.6 is 11.6 Å². The molecule has 0 saturated carbocycles. The molecule has 1 aliphatic rings. The summed E-state index contributed by atoms with van der Waals surface area (Å²) in [7, 11) is 0. The first-order valence-corrected chi connectivity index (χ1v) is 5.25. The van der Waals surface area contributed by atoms with E-state index in [0.717, 1.165) is 13.1 Å². The molecule has 0 spiro atoms. The Kier molecular flexibility index (Phi) is 2.73. The van der Waals surface area contributed by atoms with Gasteiger partial charge in [-0.05, 0) is 11.1 Å². The summed E-state index contributed by atoms with van der Waals surface area (Å²) in [6, 6.07) is 8.16. The van der Waals surface area contributed by atoms with Gasteiger partial charge in [0.25, 0.3) is 0 Å². The molecule has 0 saturated heterocycles. The monoisotopic (exact) mass is 209 g/mol. The second-order valence-corrected chi connectivity index (χ2v) is 3.84. The van der Waals surface area contributed by atoms with Gasteiger partial charge in [0.15, 0.2) is 0 Å². The highest BCUT2D eigenvalue weighted by Crippen LogP contribution is 2.22. The van der Waals surface area contributed by atoms with Crippen LogP contribution in [-0.4, -0.2) is 16.7 Å². The van der Waals surface area contributed by atoms with Gasteiger partial charge in [-0.3, -0.25) is 4.79 Å². The van der Waals surface area contributed by atoms with Crippen molar-refractivity contribution in [1.29, 1.82) is 0 Å². The summed E-state index contributed by atoms with van der Waals surface area (Å²) in [5.74, 6) is 0.558. The van der Waals surface area contributed by atoms with Gasteiger partial charge >= 0.3 is 0 Å². The Balaban J connectivity index is 2.08. The number of benzene rings is 1. The van der Waals surface area contributed by atoms with Crippen molar-refractivity contribution in [2.75, 3.05) is 5.88 Å². The van der Waals surface area contributed by atoms with Crippen LogP contribution in [0.15, 0.2) is 24.3 Å². The van der Waals surface area contributed by atoms with E-state index in [1.165, 1.54) is 11.1 Å². The predicted molar refractivity (Wildman–Crippen MR) is 56.0 cm³/mol. The third kappa shape index (κ3) is 1.75. The normalized spacial score (nSPS) is 14.2. The molecule has 0 N–H and O–H groups in total. The molecule has 1 heterocycles. The topological polar surface area (TPSA) is 20.3 Å². The van der Waals surface area contributed by atoms with Gasteiger partial charge in [-0.2, -0.15) is 0 Å². The quantitative estimate of drug-likeness (QED) is 0.684. The smallest absolute Gasteiger partial charge is 0.224 e. The van der Waals surface area contributed by atoms with E-state index >= 15 is 0 Å². The summed E-state index contributed by atoms with van der Waals surface area (Å²) in [6.45, 7) is 1.48. The number of amides is 1. The van der Waals surface area contributed by atoms with E-state index in [0.29, 0.717) is 12.3 Å². The molecule has 1 amide bonds. The van der Waals surface area contributed by atoms with Crippen LogP contribution in [0.3, 0.4) is 0 Å².